The Morgan fingerprint density at radius 1 is 1.39 bits per heavy atom. The van der Waals surface area contributed by atoms with Gasteiger partial charge in [-0.15, -0.1) is 10.2 Å². The summed E-state index contributed by atoms with van der Waals surface area (Å²) in [5.74, 6) is 2.31. The molecule has 0 radical (unpaired) electrons. The second-order valence-corrected chi connectivity index (χ2v) is 4.33. The lowest BCUT2D eigenvalue weighted by Gasteiger charge is -2.10. The van der Waals surface area contributed by atoms with Gasteiger partial charge in [0.2, 0.25) is 0 Å². The number of aryl methyl sites for hydroxylation is 2. The van der Waals surface area contributed by atoms with E-state index in [4.69, 9.17) is 11.6 Å². The molecule has 0 saturated heterocycles. The molecule has 2 heterocycles. The lowest BCUT2D eigenvalue weighted by molar-refractivity contribution is 0.806. The minimum absolute atomic E-state index is 0.488. The maximum Gasteiger partial charge on any atom is 0.151 e. The fraction of sp³-hybridized carbons (Fsp3) is 0.455. The molecule has 2 aromatic rings. The van der Waals surface area contributed by atoms with Crippen molar-refractivity contribution in [1.29, 1.82) is 0 Å². The lowest BCUT2D eigenvalue weighted by atomic mass is 10.3. The molecular weight excluding hydrogens is 252 g/mol. The molecule has 0 saturated carbocycles. The van der Waals surface area contributed by atoms with Crippen molar-refractivity contribution >= 4 is 17.4 Å². The Kier molecular flexibility index (Phi) is 3.76. The van der Waals surface area contributed by atoms with Gasteiger partial charge in [0.25, 0.3) is 0 Å². The van der Waals surface area contributed by atoms with E-state index in [-0.39, 0.29) is 0 Å². The van der Waals surface area contributed by atoms with Crippen molar-refractivity contribution in [2.45, 2.75) is 26.8 Å². The highest BCUT2D eigenvalue weighted by Gasteiger charge is 2.09. The van der Waals surface area contributed by atoms with Gasteiger partial charge in [-0.2, -0.15) is 0 Å². The number of nitrogens with zero attached hydrogens (tertiary/aromatic N) is 5. The number of anilines is 1. The number of halogens is 1. The SMILES string of the molecule is CCc1nc(Cl)c(C)c(NCc2nncn2C)n1. The highest BCUT2D eigenvalue weighted by Crippen LogP contribution is 2.20. The fourth-order valence-electron chi connectivity index (χ4n) is 1.49. The van der Waals surface area contributed by atoms with Crippen LogP contribution >= 0.6 is 11.6 Å². The van der Waals surface area contributed by atoms with Crippen molar-refractivity contribution < 1.29 is 0 Å². The molecule has 0 aliphatic heterocycles. The zero-order chi connectivity index (χ0) is 13.1. The van der Waals surface area contributed by atoms with Crippen LogP contribution in [0.25, 0.3) is 0 Å². The molecule has 0 aliphatic rings. The summed E-state index contributed by atoms with van der Waals surface area (Å²) in [7, 11) is 1.90. The Labute approximate surface area is 110 Å². The number of aromatic nitrogens is 5. The van der Waals surface area contributed by atoms with E-state index in [0.29, 0.717) is 11.7 Å². The van der Waals surface area contributed by atoms with Gasteiger partial charge in [-0.25, -0.2) is 9.97 Å². The number of hydrogen-bond donors (Lipinski definition) is 1. The first-order chi connectivity index (χ1) is 8.61. The Balaban J connectivity index is 2.18. The van der Waals surface area contributed by atoms with Gasteiger partial charge in [0.1, 0.15) is 23.1 Å². The molecule has 96 valence electrons. The highest BCUT2D eigenvalue weighted by atomic mass is 35.5. The molecule has 0 aliphatic carbocycles. The van der Waals surface area contributed by atoms with Crippen molar-refractivity contribution in [3.8, 4) is 0 Å². The third kappa shape index (κ3) is 2.59. The molecule has 0 spiro atoms. The summed E-state index contributed by atoms with van der Waals surface area (Å²) in [6.45, 7) is 4.43. The monoisotopic (exact) mass is 266 g/mol. The van der Waals surface area contributed by atoms with Crippen LogP contribution < -0.4 is 5.32 Å². The summed E-state index contributed by atoms with van der Waals surface area (Å²) in [5.41, 5.74) is 0.844. The Hall–Kier alpha value is -1.69. The standard InChI is InChI=1S/C11H15ClN6/c1-4-8-15-10(12)7(2)11(16-8)13-5-9-17-14-6-18(9)3/h6H,4-5H2,1-3H3,(H,13,15,16). The Bertz CT molecular complexity index is 550. The van der Waals surface area contributed by atoms with Crippen LogP contribution in [-0.4, -0.2) is 24.7 Å². The van der Waals surface area contributed by atoms with Crippen molar-refractivity contribution in [2.24, 2.45) is 7.05 Å². The van der Waals surface area contributed by atoms with E-state index in [2.05, 4.69) is 25.5 Å². The smallest absolute Gasteiger partial charge is 0.151 e. The summed E-state index contributed by atoms with van der Waals surface area (Å²) >= 11 is 6.07. The molecule has 2 aromatic heterocycles. The van der Waals surface area contributed by atoms with E-state index in [9.17, 15) is 0 Å². The molecule has 1 N–H and O–H groups in total. The van der Waals surface area contributed by atoms with Crippen LogP contribution in [0.4, 0.5) is 5.82 Å². The normalized spacial score (nSPS) is 10.7. The first-order valence-electron chi connectivity index (χ1n) is 5.71. The second kappa shape index (κ2) is 5.30. The van der Waals surface area contributed by atoms with Gasteiger partial charge in [0.15, 0.2) is 5.82 Å². The Morgan fingerprint density at radius 2 is 2.17 bits per heavy atom. The average molecular weight is 267 g/mol. The summed E-state index contributed by atoms with van der Waals surface area (Å²) in [4.78, 5) is 8.61. The topological polar surface area (TPSA) is 68.5 Å². The quantitative estimate of drug-likeness (QED) is 0.854. The highest BCUT2D eigenvalue weighted by molar-refractivity contribution is 6.30. The van der Waals surface area contributed by atoms with E-state index in [1.165, 1.54) is 0 Å². The van der Waals surface area contributed by atoms with Gasteiger partial charge >= 0.3 is 0 Å². The number of rotatable bonds is 4. The van der Waals surface area contributed by atoms with Gasteiger partial charge in [-0.1, -0.05) is 18.5 Å². The molecule has 18 heavy (non-hydrogen) atoms. The molecule has 0 fully saturated rings. The van der Waals surface area contributed by atoms with E-state index in [1.807, 2.05) is 25.5 Å². The van der Waals surface area contributed by atoms with E-state index >= 15 is 0 Å². The van der Waals surface area contributed by atoms with Gasteiger partial charge in [0, 0.05) is 19.0 Å². The van der Waals surface area contributed by atoms with Gasteiger partial charge in [-0.05, 0) is 6.92 Å². The minimum atomic E-state index is 0.488. The summed E-state index contributed by atoms with van der Waals surface area (Å²) in [6.07, 6.45) is 2.41. The van der Waals surface area contributed by atoms with Crippen LogP contribution in [-0.2, 0) is 20.0 Å². The molecule has 0 aromatic carbocycles. The predicted octanol–water partition coefficient (Wildman–Crippen LogP) is 1.74. The maximum absolute atomic E-state index is 6.07. The molecule has 7 heteroatoms. The third-order valence-electron chi connectivity index (χ3n) is 2.67. The van der Waals surface area contributed by atoms with Crippen molar-refractivity contribution in [2.75, 3.05) is 5.32 Å². The van der Waals surface area contributed by atoms with Crippen LogP contribution in [0.3, 0.4) is 0 Å². The molecule has 0 bridgehead atoms. The predicted molar refractivity (Wildman–Crippen MR) is 69.5 cm³/mol. The van der Waals surface area contributed by atoms with Crippen LogP contribution in [0.5, 0.6) is 0 Å². The number of nitrogens with one attached hydrogen (secondary N) is 1. The summed E-state index contributed by atoms with van der Waals surface area (Å²) in [6, 6.07) is 0. The molecule has 0 atom stereocenters. The lowest BCUT2D eigenvalue weighted by Crippen LogP contribution is -2.10. The number of hydrogen-bond acceptors (Lipinski definition) is 5. The second-order valence-electron chi connectivity index (χ2n) is 3.97. The zero-order valence-corrected chi connectivity index (χ0v) is 11.4. The van der Waals surface area contributed by atoms with Gasteiger partial charge in [-0.3, -0.25) is 0 Å². The summed E-state index contributed by atoms with van der Waals surface area (Å²) < 4.78 is 1.85. The van der Waals surface area contributed by atoms with Crippen molar-refractivity contribution in [1.82, 2.24) is 24.7 Å². The van der Waals surface area contributed by atoms with Crippen molar-refractivity contribution in [3.05, 3.63) is 28.7 Å². The van der Waals surface area contributed by atoms with Crippen LogP contribution in [0.1, 0.15) is 24.1 Å². The maximum atomic E-state index is 6.07. The zero-order valence-electron chi connectivity index (χ0n) is 10.6. The molecule has 0 unspecified atom stereocenters. The average Bonchev–Trinajstić information content (AvgIpc) is 2.76. The fourth-order valence-corrected chi connectivity index (χ4v) is 1.68. The van der Waals surface area contributed by atoms with E-state index in [1.54, 1.807) is 6.33 Å². The van der Waals surface area contributed by atoms with E-state index < -0.39 is 0 Å². The third-order valence-corrected chi connectivity index (χ3v) is 3.04. The summed E-state index contributed by atoms with van der Waals surface area (Å²) in [5, 5.41) is 11.5. The molecule has 6 nitrogen and oxygen atoms in total. The molecular formula is C11H15ClN6. The molecule has 2 rings (SSSR count). The molecule has 0 amide bonds. The van der Waals surface area contributed by atoms with E-state index in [0.717, 1.165) is 29.5 Å². The largest absolute Gasteiger partial charge is 0.362 e. The minimum Gasteiger partial charge on any atom is -0.362 e. The van der Waals surface area contributed by atoms with Crippen LogP contribution in [0.2, 0.25) is 5.15 Å². The first kappa shape index (κ1) is 12.8. The van der Waals surface area contributed by atoms with Crippen LogP contribution in [0.15, 0.2) is 6.33 Å². The Morgan fingerprint density at radius 3 is 2.78 bits per heavy atom. The first-order valence-corrected chi connectivity index (χ1v) is 6.09. The van der Waals surface area contributed by atoms with Gasteiger partial charge in [0.05, 0.1) is 6.54 Å². The van der Waals surface area contributed by atoms with Gasteiger partial charge < -0.3 is 9.88 Å². The van der Waals surface area contributed by atoms with Crippen LogP contribution in [0, 0.1) is 6.92 Å². The van der Waals surface area contributed by atoms with Crippen molar-refractivity contribution in [3.63, 3.8) is 0 Å².